The zero-order valence-corrected chi connectivity index (χ0v) is 20.1. The second-order valence-electron chi connectivity index (χ2n) is 8.79. The van der Waals surface area contributed by atoms with Crippen molar-refractivity contribution in [1.29, 1.82) is 0 Å². The van der Waals surface area contributed by atoms with Crippen molar-refractivity contribution >= 4 is 34.1 Å². The molecule has 5 nitrogen and oxygen atoms in total. The molecule has 36 heavy (non-hydrogen) atoms. The summed E-state index contributed by atoms with van der Waals surface area (Å²) < 4.78 is 0. The molecule has 0 atom stereocenters. The lowest BCUT2D eigenvalue weighted by Crippen LogP contribution is -2.14. The molecule has 0 spiro atoms. The van der Waals surface area contributed by atoms with Crippen LogP contribution in [0.5, 0.6) is 0 Å². The first kappa shape index (κ1) is 23.0. The van der Waals surface area contributed by atoms with Gasteiger partial charge in [0, 0.05) is 27.9 Å². The third-order valence-corrected chi connectivity index (χ3v) is 5.99. The summed E-state index contributed by atoms with van der Waals surface area (Å²) in [5.41, 5.74) is 7.04. The van der Waals surface area contributed by atoms with Gasteiger partial charge in [0.05, 0.1) is 16.8 Å². The number of amides is 2. The molecule has 1 aromatic heterocycles. The third-order valence-electron chi connectivity index (χ3n) is 5.99. The van der Waals surface area contributed by atoms with Crippen LogP contribution in [-0.4, -0.2) is 16.8 Å². The number of carbonyl (C=O) groups is 2. The van der Waals surface area contributed by atoms with E-state index in [0.717, 1.165) is 39.0 Å². The molecule has 0 aliphatic carbocycles. The van der Waals surface area contributed by atoms with Gasteiger partial charge in [0.1, 0.15) is 0 Å². The minimum atomic E-state index is -0.233. The lowest BCUT2D eigenvalue weighted by Gasteiger charge is -2.12. The van der Waals surface area contributed by atoms with Crippen LogP contribution >= 0.6 is 0 Å². The van der Waals surface area contributed by atoms with Gasteiger partial charge in [-0.2, -0.15) is 0 Å². The first-order valence-corrected chi connectivity index (χ1v) is 11.7. The normalized spacial score (nSPS) is 10.7. The molecule has 5 rings (SSSR count). The summed E-state index contributed by atoms with van der Waals surface area (Å²) in [6, 6.07) is 32.0. The molecule has 4 aromatic carbocycles. The number of nitrogens with zero attached hydrogens (tertiary/aromatic N) is 1. The zero-order valence-electron chi connectivity index (χ0n) is 20.1. The van der Waals surface area contributed by atoms with Gasteiger partial charge in [-0.1, -0.05) is 59.7 Å². The summed E-state index contributed by atoms with van der Waals surface area (Å²) >= 11 is 0. The maximum atomic E-state index is 13.4. The van der Waals surface area contributed by atoms with Gasteiger partial charge in [-0.05, 0) is 68.4 Å². The van der Waals surface area contributed by atoms with E-state index in [9.17, 15) is 9.59 Å². The van der Waals surface area contributed by atoms with E-state index in [1.165, 1.54) is 0 Å². The molecule has 1 heterocycles. The smallest absolute Gasteiger partial charge is 0.256 e. The number of para-hydroxylation sites is 1. The zero-order chi connectivity index (χ0) is 25.1. The van der Waals surface area contributed by atoms with Gasteiger partial charge in [-0.3, -0.25) is 9.59 Å². The Morgan fingerprint density at radius 3 is 2.00 bits per heavy atom. The number of aromatic nitrogens is 1. The number of pyridine rings is 1. The van der Waals surface area contributed by atoms with E-state index in [2.05, 4.69) is 10.6 Å². The van der Waals surface area contributed by atoms with Gasteiger partial charge in [0.25, 0.3) is 11.8 Å². The average molecular weight is 472 g/mol. The van der Waals surface area contributed by atoms with Crippen molar-refractivity contribution < 1.29 is 9.59 Å². The SMILES string of the molecule is Cc1ccc(-c2cc(C(=O)Nc3ccc(C(=O)Nc4ccccc4)cc3)c3cc(C)ccc3n2)cc1. The molecule has 0 saturated heterocycles. The van der Waals surface area contributed by atoms with Crippen LogP contribution in [0.25, 0.3) is 22.2 Å². The fourth-order valence-electron chi connectivity index (χ4n) is 4.03. The van der Waals surface area contributed by atoms with Gasteiger partial charge in [-0.15, -0.1) is 0 Å². The number of aryl methyl sites for hydroxylation is 2. The first-order valence-electron chi connectivity index (χ1n) is 11.7. The topological polar surface area (TPSA) is 71.1 Å². The van der Waals surface area contributed by atoms with Crippen LogP contribution < -0.4 is 10.6 Å². The third kappa shape index (κ3) is 5.00. The van der Waals surface area contributed by atoms with Gasteiger partial charge >= 0.3 is 0 Å². The second kappa shape index (κ2) is 9.84. The van der Waals surface area contributed by atoms with Crippen molar-refractivity contribution in [2.45, 2.75) is 13.8 Å². The van der Waals surface area contributed by atoms with Gasteiger partial charge in [0.2, 0.25) is 0 Å². The number of anilines is 2. The highest BCUT2D eigenvalue weighted by molar-refractivity contribution is 6.13. The van der Waals surface area contributed by atoms with Crippen molar-refractivity contribution in [2.24, 2.45) is 0 Å². The van der Waals surface area contributed by atoms with E-state index in [-0.39, 0.29) is 11.8 Å². The van der Waals surface area contributed by atoms with Crippen LogP contribution in [0.1, 0.15) is 31.8 Å². The van der Waals surface area contributed by atoms with Gasteiger partial charge in [-0.25, -0.2) is 4.98 Å². The largest absolute Gasteiger partial charge is 0.322 e. The highest BCUT2D eigenvalue weighted by atomic mass is 16.2. The summed E-state index contributed by atoms with van der Waals surface area (Å²) in [6.45, 7) is 4.03. The number of nitrogens with one attached hydrogen (secondary N) is 2. The molecule has 2 amide bonds. The highest BCUT2D eigenvalue weighted by Gasteiger charge is 2.15. The summed E-state index contributed by atoms with van der Waals surface area (Å²) in [7, 11) is 0. The van der Waals surface area contributed by atoms with Crippen LogP contribution in [0.2, 0.25) is 0 Å². The minimum Gasteiger partial charge on any atom is -0.322 e. The molecule has 2 N–H and O–H groups in total. The monoisotopic (exact) mass is 471 g/mol. The van der Waals surface area contributed by atoms with E-state index in [0.29, 0.717) is 16.8 Å². The van der Waals surface area contributed by atoms with E-state index in [1.54, 1.807) is 24.3 Å². The lowest BCUT2D eigenvalue weighted by atomic mass is 10.0. The maximum Gasteiger partial charge on any atom is 0.256 e. The molecule has 0 aliphatic heterocycles. The number of hydrogen-bond acceptors (Lipinski definition) is 3. The summed E-state index contributed by atoms with van der Waals surface area (Å²) in [5, 5.41) is 6.63. The number of benzene rings is 4. The van der Waals surface area contributed by atoms with Crippen LogP contribution in [0.3, 0.4) is 0 Å². The lowest BCUT2D eigenvalue weighted by molar-refractivity contribution is 0.102. The highest BCUT2D eigenvalue weighted by Crippen LogP contribution is 2.27. The predicted molar refractivity (Wildman–Crippen MR) is 145 cm³/mol. The second-order valence-corrected chi connectivity index (χ2v) is 8.79. The summed E-state index contributed by atoms with van der Waals surface area (Å²) in [6.07, 6.45) is 0. The van der Waals surface area contributed by atoms with E-state index in [4.69, 9.17) is 4.98 Å². The molecule has 0 radical (unpaired) electrons. The minimum absolute atomic E-state index is 0.211. The molecular weight excluding hydrogens is 446 g/mol. The Kier molecular flexibility index (Phi) is 6.29. The number of hydrogen-bond donors (Lipinski definition) is 2. The van der Waals surface area contributed by atoms with Crippen LogP contribution in [0.15, 0.2) is 103 Å². The van der Waals surface area contributed by atoms with E-state index >= 15 is 0 Å². The van der Waals surface area contributed by atoms with Gasteiger partial charge in [0.15, 0.2) is 0 Å². The fourth-order valence-corrected chi connectivity index (χ4v) is 4.03. The Morgan fingerprint density at radius 1 is 0.639 bits per heavy atom. The molecule has 5 heteroatoms. The average Bonchev–Trinajstić information content (AvgIpc) is 2.89. The molecule has 0 bridgehead atoms. The summed E-state index contributed by atoms with van der Waals surface area (Å²) in [5.74, 6) is -0.444. The molecule has 0 saturated carbocycles. The van der Waals surface area contributed by atoms with Crippen LogP contribution in [-0.2, 0) is 0 Å². The molecular formula is C31H25N3O2. The van der Waals surface area contributed by atoms with E-state index < -0.39 is 0 Å². The van der Waals surface area contributed by atoms with Crippen LogP contribution in [0.4, 0.5) is 11.4 Å². The number of carbonyl (C=O) groups excluding carboxylic acids is 2. The van der Waals surface area contributed by atoms with Crippen molar-refractivity contribution in [3.8, 4) is 11.3 Å². The quantitative estimate of drug-likeness (QED) is 0.289. The molecule has 0 unspecified atom stereocenters. The van der Waals surface area contributed by atoms with Crippen molar-refractivity contribution in [3.05, 3.63) is 125 Å². The first-order chi connectivity index (χ1) is 17.5. The molecule has 176 valence electrons. The number of rotatable bonds is 5. The Hall–Kier alpha value is -4.77. The molecule has 5 aromatic rings. The van der Waals surface area contributed by atoms with Crippen molar-refractivity contribution in [3.63, 3.8) is 0 Å². The van der Waals surface area contributed by atoms with Crippen molar-refractivity contribution in [2.75, 3.05) is 10.6 Å². The standard InChI is InChI=1S/C31H25N3O2/c1-20-8-11-22(12-9-20)29-19-27(26-18-21(2)10-17-28(26)34-29)31(36)33-25-15-13-23(14-16-25)30(35)32-24-6-4-3-5-7-24/h3-19H,1-2H3,(H,32,35)(H,33,36). The fraction of sp³-hybridized carbons (Fsp3) is 0.0645. The van der Waals surface area contributed by atoms with E-state index in [1.807, 2.05) is 92.7 Å². The Balaban J connectivity index is 1.41. The predicted octanol–water partition coefficient (Wildman–Crippen LogP) is 7.02. The van der Waals surface area contributed by atoms with Crippen molar-refractivity contribution in [1.82, 2.24) is 4.98 Å². The molecule has 0 fully saturated rings. The maximum absolute atomic E-state index is 13.4. The van der Waals surface area contributed by atoms with Gasteiger partial charge < -0.3 is 10.6 Å². The Morgan fingerprint density at radius 2 is 1.28 bits per heavy atom. The molecule has 0 aliphatic rings. The Labute approximate surface area is 209 Å². The summed E-state index contributed by atoms with van der Waals surface area (Å²) in [4.78, 5) is 30.8. The Bertz CT molecular complexity index is 1560. The number of fused-ring (bicyclic) bond motifs is 1. The van der Waals surface area contributed by atoms with Crippen LogP contribution in [0, 0.1) is 13.8 Å².